The van der Waals surface area contributed by atoms with Crippen LogP contribution < -0.4 is 5.32 Å². The number of benzene rings is 1. The second-order valence-electron chi connectivity index (χ2n) is 5.94. The van der Waals surface area contributed by atoms with Gasteiger partial charge in [-0.05, 0) is 35.6 Å². The number of anilines is 1. The number of rotatable bonds is 9. The van der Waals surface area contributed by atoms with E-state index in [0.717, 1.165) is 29.5 Å². The largest absolute Gasteiger partial charge is 0.325 e. The minimum absolute atomic E-state index is 0.0581. The van der Waals surface area contributed by atoms with Crippen LogP contribution in [-0.4, -0.2) is 26.4 Å². The minimum atomic E-state index is -0.0581. The Morgan fingerprint density at radius 3 is 2.78 bits per heavy atom. The Morgan fingerprint density at radius 2 is 2.11 bits per heavy atom. The van der Waals surface area contributed by atoms with Crippen LogP contribution in [0.15, 0.2) is 59.6 Å². The summed E-state index contributed by atoms with van der Waals surface area (Å²) in [7, 11) is 0. The summed E-state index contributed by atoms with van der Waals surface area (Å²) in [6.45, 7) is 6.55. The van der Waals surface area contributed by atoms with Crippen molar-refractivity contribution in [3.63, 3.8) is 0 Å². The van der Waals surface area contributed by atoms with E-state index in [1.54, 1.807) is 11.3 Å². The van der Waals surface area contributed by atoms with Crippen LogP contribution in [0.5, 0.6) is 0 Å². The van der Waals surface area contributed by atoms with E-state index in [2.05, 4.69) is 40.5 Å². The Hall–Kier alpha value is -2.38. The van der Waals surface area contributed by atoms with Gasteiger partial charge in [-0.15, -0.1) is 28.1 Å². The lowest BCUT2D eigenvalue weighted by atomic mass is 10.1. The number of nitrogens with zero attached hydrogens (tertiary/aromatic N) is 3. The number of thiophene rings is 1. The maximum Gasteiger partial charge on any atom is 0.234 e. The molecule has 140 valence electrons. The van der Waals surface area contributed by atoms with E-state index in [1.807, 2.05) is 41.0 Å². The summed E-state index contributed by atoms with van der Waals surface area (Å²) in [5, 5.41) is 14.3. The van der Waals surface area contributed by atoms with Gasteiger partial charge in [0.1, 0.15) is 5.82 Å². The van der Waals surface area contributed by atoms with Crippen molar-refractivity contribution in [2.45, 2.75) is 31.5 Å². The van der Waals surface area contributed by atoms with Crippen LogP contribution in [0.2, 0.25) is 0 Å². The highest BCUT2D eigenvalue weighted by molar-refractivity contribution is 7.99. The molecule has 5 nitrogen and oxygen atoms in total. The average molecular weight is 399 g/mol. The van der Waals surface area contributed by atoms with Crippen molar-refractivity contribution in [3.8, 4) is 0 Å². The molecule has 0 spiro atoms. The molecule has 0 saturated heterocycles. The predicted molar refractivity (Wildman–Crippen MR) is 113 cm³/mol. The molecule has 1 amide bonds. The number of nitrogens with one attached hydrogen (secondary N) is 1. The number of aromatic nitrogens is 3. The molecule has 0 unspecified atom stereocenters. The summed E-state index contributed by atoms with van der Waals surface area (Å²) in [5.74, 6) is 1.11. The van der Waals surface area contributed by atoms with E-state index < -0.39 is 0 Å². The zero-order chi connectivity index (χ0) is 19.1. The average Bonchev–Trinajstić information content (AvgIpc) is 3.32. The third-order valence-electron chi connectivity index (χ3n) is 4.00. The number of allylic oxidation sites excluding steroid dienone is 1. The summed E-state index contributed by atoms with van der Waals surface area (Å²) in [6.07, 6.45) is 3.53. The van der Waals surface area contributed by atoms with E-state index in [4.69, 9.17) is 0 Å². The van der Waals surface area contributed by atoms with Crippen molar-refractivity contribution in [2.24, 2.45) is 0 Å². The van der Waals surface area contributed by atoms with E-state index >= 15 is 0 Å². The summed E-state index contributed by atoms with van der Waals surface area (Å²) in [4.78, 5) is 13.5. The monoisotopic (exact) mass is 398 g/mol. The van der Waals surface area contributed by atoms with Crippen LogP contribution in [0.1, 0.15) is 23.2 Å². The van der Waals surface area contributed by atoms with Gasteiger partial charge in [-0.2, -0.15) is 0 Å². The van der Waals surface area contributed by atoms with Crippen LogP contribution in [0.25, 0.3) is 0 Å². The Labute approximate surface area is 167 Å². The fraction of sp³-hybridized carbons (Fsp3) is 0.250. The molecule has 0 aliphatic carbocycles. The number of carbonyl (C=O) groups excluding carboxylic acids is 1. The fourth-order valence-corrected chi connectivity index (χ4v) is 4.06. The highest BCUT2D eigenvalue weighted by Crippen LogP contribution is 2.21. The summed E-state index contributed by atoms with van der Waals surface area (Å²) in [6, 6.07) is 12.0. The number of amides is 1. The molecule has 0 aliphatic heterocycles. The zero-order valence-corrected chi connectivity index (χ0v) is 16.9. The molecule has 7 heteroatoms. The maximum absolute atomic E-state index is 12.3. The van der Waals surface area contributed by atoms with Gasteiger partial charge in [0.15, 0.2) is 5.16 Å². The summed E-state index contributed by atoms with van der Waals surface area (Å²) >= 11 is 3.09. The number of aryl methyl sites for hydroxylation is 1. The highest BCUT2D eigenvalue weighted by Gasteiger charge is 2.14. The quantitative estimate of drug-likeness (QED) is 0.428. The van der Waals surface area contributed by atoms with Crippen molar-refractivity contribution in [3.05, 3.63) is 70.7 Å². The minimum Gasteiger partial charge on any atom is -0.325 e. The first kappa shape index (κ1) is 19.4. The second-order valence-corrected chi connectivity index (χ2v) is 7.92. The van der Waals surface area contributed by atoms with Gasteiger partial charge in [-0.3, -0.25) is 4.79 Å². The molecule has 0 atom stereocenters. The number of hydrogen-bond acceptors (Lipinski definition) is 5. The van der Waals surface area contributed by atoms with Crippen molar-refractivity contribution >= 4 is 34.7 Å². The van der Waals surface area contributed by atoms with Gasteiger partial charge in [-0.25, -0.2) is 0 Å². The summed E-state index contributed by atoms with van der Waals surface area (Å²) < 4.78 is 2.01. The van der Waals surface area contributed by atoms with Crippen LogP contribution in [0.3, 0.4) is 0 Å². The fourth-order valence-electron chi connectivity index (χ4n) is 2.59. The first-order chi connectivity index (χ1) is 13.2. The lowest BCUT2D eigenvalue weighted by Gasteiger charge is -2.08. The molecular formula is C20H22N4OS2. The Bertz CT molecular complexity index is 885. The van der Waals surface area contributed by atoms with E-state index in [-0.39, 0.29) is 11.7 Å². The van der Waals surface area contributed by atoms with Gasteiger partial charge < -0.3 is 9.88 Å². The van der Waals surface area contributed by atoms with E-state index in [1.165, 1.54) is 22.2 Å². The molecule has 0 fully saturated rings. The molecule has 0 bridgehead atoms. The summed E-state index contributed by atoms with van der Waals surface area (Å²) in [5.41, 5.74) is 2.06. The van der Waals surface area contributed by atoms with Crippen molar-refractivity contribution in [1.29, 1.82) is 0 Å². The van der Waals surface area contributed by atoms with Crippen molar-refractivity contribution < 1.29 is 4.79 Å². The molecule has 3 aromatic rings. The van der Waals surface area contributed by atoms with Crippen LogP contribution in [-0.2, 0) is 24.2 Å². The maximum atomic E-state index is 12.3. The normalized spacial score (nSPS) is 10.7. The van der Waals surface area contributed by atoms with Gasteiger partial charge >= 0.3 is 0 Å². The van der Waals surface area contributed by atoms with Crippen LogP contribution in [0, 0.1) is 0 Å². The standard InChI is InChI=1S/C20H22N4OS2/c1-3-11-24-18(13-17-6-5-12-26-17)22-23-20(24)27-14-19(25)21-16-9-7-15(4-2)8-10-16/h3,5-10,12H,1,4,11,13-14H2,2H3,(H,21,25). The van der Waals surface area contributed by atoms with Crippen LogP contribution >= 0.6 is 23.1 Å². The van der Waals surface area contributed by atoms with Gasteiger partial charge in [0.05, 0.1) is 5.75 Å². The third-order valence-corrected chi connectivity index (χ3v) is 5.84. The van der Waals surface area contributed by atoms with Gasteiger partial charge in [0.2, 0.25) is 5.91 Å². The molecule has 2 heterocycles. The van der Waals surface area contributed by atoms with Gasteiger partial charge in [-0.1, -0.05) is 43.0 Å². The Morgan fingerprint density at radius 1 is 1.30 bits per heavy atom. The van der Waals surface area contributed by atoms with E-state index in [9.17, 15) is 4.79 Å². The molecular weight excluding hydrogens is 376 g/mol. The molecule has 27 heavy (non-hydrogen) atoms. The molecule has 0 aliphatic rings. The number of hydrogen-bond donors (Lipinski definition) is 1. The number of carbonyl (C=O) groups is 1. The molecule has 2 aromatic heterocycles. The molecule has 1 N–H and O–H groups in total. The highest BCUT2D eigenvalue weighted by atomic mass is 32.2. The van der Waals surface area contributed by atoms with E-state index in [0.29, 0.717) is 6.54 Å². The molecule has 0 radical (unpaired) electrons. The van der Waals surface area contributed by atoms with Crippen LogP contribution in [0.4, 0.5) is 5.69 Å². The molecule has 0 saturated carbocycles. The Balaban J connectivity index is 1.61. The molecule has 1 aromatic carbocycles. The first-order valence-corrected chi connectivity index (χ1v) is 10.6. The zero-order valence-electron chi connectivity index (χ0n) is 15.2. The molecule has 3 rings (SSSR count). The second kappa shape index (κ2) is 9.53. The SMILES string of the molecule is C=CCn1c(Cc2cccs2)nnc1SCC(=O)Nc1ccc(CC)cc1. The smallest absolute Gasteiger partial charge is 0.234 e. The van der Waals surface area contributed by atoms with Gasteiger partial charge in [0, 0.05) is 23.5 Å². The lowest BCUT2D eigenvalue weighted by molar-refractivity contribution is -0.113. The topological polar surface area (TPSA) is 59.8 Å². The van der Waals surface area contributed by atoms with Crippen molar-refractivity contribution in [2.75, 3.05) is 11.1 Å². The van der Waals surface area contributed by atoms with Gasteiger partial charge in [0.25, 0.3) is 0 Å². The Kier molecular flexibility index (Phi) is 6.84. The van der Waals surface area contributed by atoms with Crippen molar-refractivity contribution in [1.82, 2.24) is 14.8 Å². The third kappa shape index (κ3) is 5.30. The predicted octanol–water partition coefficient (Wildman–Crippen LogP) is 4.41. The first-order valence-electron chi connectivity index (χ1n) is 8.76. The number of thioether (sulfide) groups is 1. The lowest BCUT2D eigenvalue weighted by Crippen LogP contribution is -2.14.